The van der Waals surface area contributed by atoms with Crippen LogP contribution in [-0.2, 0) is 3.07 Å². The van der Waals surface area contributed by atoms with Crippen molar-refractivity contribution in [1.29, 1.82) is 0 Å². The van der Waals surface area contributed by atoms with Crippen LogP contribution in [0, 0.1) is 3.57 Å². The first-order valence-corrected chi connectivity index (χ1v) is 7.16. The second-order valence-electron chi connectivity index (χ2n) is 1.87. The molecule has 0 N–H and O–H groups in total. The van der Waals surface area contributed by atoms with E-state index < -0.39 is 20.2 Å². The molecule has 0 radical (unpaired) electrons. The molecule has 0 aliphatic heterocycles. The zero-order chi connectivity index (χ0) is 7.40. The summed E-state index contributed by atoms with van der Waals surface area (Å²) in [5.74, 6) is 0. The molecular formula is C8H11IO. The summed E-state index contributed by atoms with van der Waals surface area (Å²) in [6.07, 6.45) is 0. The molecule has 56 valence electrons. The van der Waals surface area contributed by atoms with Crippen molar-refractivity contribution in [3.63, 3.8) is 0 Å². The van der Waals surface area contributed by atoms with E-state index in [0.29, 0.717) is 0 Å². The molecule has 0 heterocycles. The van der Waals surface area contributed by atoms with Crippen LogP contribution < -0.4 is 0 Å². The van der Waals surface area contributed by atoms with Crippen LogP contribution in [0.1, 0.15) is 0 Å². The van der Waals surface area contributed by atoms with Crippen LogP contribution in [0.4, 0.5) is 0 Å². The van der Waals surface area contributed by atoms with Gasteiger partial charge >= 0.3 is 69.2 Å². The van der Waals surface area contributed by atoms with Gasteiger partial charge in [0.05, 0.1) is 0 Å². The third kappa shape index (κ3) is 1.95. The maximum absolute atomic E-state index is 5.29. The van der Waals surface area contributed by atoms with Crippen LogP contribution in [0.2, 0.25) is 0 Å². The van der Waals surface area contributed by atoms with Gasteiger partial charge in [-0.05, 0) is 0 Å². The number of benzene rings is 1. The van der Waals surface area contributed by atoms with Crippen LogP contribution in [-0.4, -0.2) is 12.0 Å². The number of hydrogen-bond donors (Lipinski definition) is 0. The van der Waals surface area contributed by atoms with Crippen LogP contribution >= 0.6 is 20.2 Å². The van der Waals surface area contributed by atoms with Crippen molar-refractivity contribution in [3.8, 4) is 0 Å². The summed E-state index contributed by atoms with van der Waals surface area (Å²) in [5.41, 5.74) is 0. The van der Waals surface area contributed by atoms with Gasteiger partial charge in [-0.1, -0.05) is 0 Å². The Balaban J connectivity index is 2.75. The van der Waals surface area contributed by atoms with Crippen molar-refractivity contribution >= 4 is 20.2 Å². The predicted molar refractivity (Wildman–Crippen MR) is 52.1 cm³/mol. The molecule has 10 heavy (non-hydrogen) atoms. The zero-order valence-electron chi connectivity index (χ0n) is 6.17. The second kappa shape index (κ2) is 3.93. The zero-order valence-corrected chi connectivity index (χ0v) is 8.33. The summed E-state index contributed by atoms with van der Waals surface area (Å²) in [5, 5.41) is 0. The molecule has 0 aliphatic rings. The van der Waals surface area contributed by atoms with Gasteiger partial charge in [-0.25, -0.2) is 0 Å². The van der Waals surface area contributed by atoms with Gasteiger partial charge < -0.3 is 0 Å². The molecule has 1 aromatic carbocycles. The van der Waals surface area contributed by atoms with Gasteiger partial charge in [0.15, 0.2) is 0 Å². The van der Waals surface area contributed by atoms with Gasteiger partial charge in [-0.15, -0.1) is 0 Å². The summed E-state index contributed by atoms with van der Waals surface area (Å²) in [4.78, 5) is 2.19. The van der Waals surface area contributed by atoms with E-state index in [2.05, 4.69) is 29.2 Å². The van der Waals surface area contributed by atoms with E-state index in [1.165, 1.54) is 3.57 Å². The van der Waals surface area contributed by atoms with Crippen molar-refractivity contribution in [1.82, 2.24) is 0 Å². The molecule has 0 spiro atoms. The van der Waals surface area contributed by atoms with E-state index in [1.54, 1.807) is 7.11 Å². The van der Waals surface area contributed by atoms with E-state index in [0.717, 1.165) is 0 Å². The second-order valence-corrected chi connectivity index (χ2v) is 6.40. The third-order valence-corrected chi connectivity index (χ3v) is 5.07. The average Bonchev–Trinajstić information content (AvgIpc) is 2.05. The van der Waals surface area contributed by atoms with Gasteiger partial charge in [-0.2, -0.15) is 0 Å². The molecular weight excluding hydrogens is 239 g/mol. The molecule has 2 heteroatoms. The molecule has 1 aromatic rings. The molecule has 0 bridgehead atoms. The average molecular weight is 250 g/mol. The fourth-order valence-corrected chi connectivity index (χ4v) is 2.62. The van der Waals surface area contributed by atoms with E-state index in [1.807, 2.05) is 6.07 Å². The molecule has 0 aromatic heterocycles. The molecule has 0 saturated carbocycles. The molecule has 0 unspecified atom stereocenters. The van der Waals surface area contributed by atoms with Crippen LogP contribution in [0.25, 0.3) is 0 Å². The summed E-state index contributed by atoms with van der Waals surface area (Å²) >= 11 is -1.20. The molecule has 0 fully saturated rings. The Bertz CT molecular complexity index is 186. The summed E-state index contributed by atoms with van der Waals surface area (Å²) in [6.45, 7) is 0. The number of hydrogen-bond acceptors (Lipinski definition) is 1. The van der Waals surface area contributed by atoms with Crippen LogP contribution in [0.5, 0.6) is 0 Å². The molecule has 1 rings (SSSR count). The topological polar surface area (TPSA) is 9.23 Å². The Morgan fingerprint density at radius 3 is 2.30 bits per heavy atom. The van der Waals surface area contributed by atoms with Gasteiger partial charge in [0.25, 0.3) is 0 Å². The first kappa shape index (κ1) is 8.01. The molecule has 0 aliphatic carbocycles. The van der Waals surface area contributed by atoms with E-state index in [9.17, 15) is 0 Å². The van der Waals surface area contributed by atoms with Gasteiger partial charge in [0.2, 0.25) is 0 Å². The van der Waals surface area contributed by atoms with Crippen molar-refractivity contribution in [2.45, 2.75) is 0 Å². The molecule has 1 nitrogen and oxygen atoms in total. The van der Waals surface area contributed by atoms with E-state index in [-0.39, 0.29) is 0 Å². The fourth-order valence-electron chi connectivity index (χ4n) is 0.681. The molecule has 0 saturated heterocycles. The van der Waals surface area contributed by atoms with Crippen LogP contribution in [0.3, 0.4) is 0 Å². The van der Waals surface area contributed by atoms with Crippen molar-refractivity contribution in [3.05, 3.63) is 33.9 Å². The van der Waals surface area contributed by atoms with E-state index in [4.69, 9.17) is 3.07 Å². The SMILES string of the molecule is COI(C)c1ccccc1. The van der Waals surface area contributed by atoms with Gasteiger partial charge in [0, 0.05) is 0 Å². The van der Waals surface area contributed by atoms with Gasteiger partial charge in [-0.3, -0.25) is 0 Å². The van der Waals surface area contributed by atoms with Crippen LogP contribution in [0.15, 0.2) is 30.3 Å². The minimum atomic E-state index is -1.20. The van der Waals surface area contributed by atoms with Crippen molar-refractivity contribution in [2.24, 2.45) is 0 Å². The molecule has 0 amide bonds. The van der Waals surface area contributed by atoms with E-state index >= 15 is 0 Å². The monoisotopic (exact) mass is 250 g/mol. The standard InChI is InChI=1S/C8H11IO/c1-9(10-2)8-6-4-3-5-7-8/h3-7H,1-2H3. The van der Waals surface area contributed by atoms with Gasteiger partial charge in [0.1, 0.15) is 0 Å². The number of alkyl halides is 1. The Kier molecular flexibility index (Phi) is 3.15. The number of halogens is 1. The Morgan fingerprint density at radius 1 is 1.20 bits per heavy atom. The Labute approximate surface area is 69.3 Å². The Morgan fingerprint density at radius 2 is 1.80 bits per heavy atom. The summed E-state index contributed by atoms with van der Waals surface area (Å²) < 4.78 is 6.68. The predicted octanol–water partition coefficient (Wildman–Crippen LogP) is 2.55. The van der Waals surface area contributed by atoms with Crippen molar-refractivity contribution in [2.75, 3.05) is 12.0 Å². The summed E-state index contributed by atoms with van der Waals surface area (Å²) in [7, 11) is 1.79. The fraction of sp³-hybridized carbons (Fsp3) is 0.250. The number of rotatable bonds is 2. The maximum atomic E-state index is 5.29. The molecule has 0 atom stereocenters. The quantitative estimate of drug-likeness (QED) is 0.579. The normalized spacial score (nSPS) is 11.2. The first-order chi connectivity index (χ1) is 4.84. The first-order valence-electron chi connectivity index (χ1n) is 3.04. The Hall–Kier alpha value is -0.0900. The van der Waals surface area contributed by atoms with Crippen molar-refractivity contribution < 1.29 is 3.07 Å². The minimum absolute atomic E-state index is 1.20. The third-order valence-electron chi connectivity index (χ3n) is 1.27. The summed E-state index contributed by atoms with van der Waals surface area (Å²) in [6, 6.07) is 10.4.